The lowest BCUT2D eigenvalue weighted by molar-refractivity contribution is -0.145. The van der Waals surface area contributed by atoms with Crippen LogP contribution in [0.2, 0.25) is 0 Å². The van der Waals surface area contributed by atoms with E-state index in [1.807, 2.05) is 0 Å². The maximum Gasteiger partial charge on any atom is 0.338 e. The van der Waals surface area contributed by atoms with Gasteiger partial charge < -0.3 is 14.8 Å². The topological polar surface area (TPSA) is 81.7 Å². The molecule has 0 radical (unpaired) electrons. The molecule has 1 aliphatic heterocycles. The number of ether oxygens (including phenoxy) is 2. The first-order valence-corrected chi connectivity index (χ1v) is 13.4. The number of benzene rings is 1. The van der Waals surface area contributed by atoms with Crippen molar-refractivity contribution in [1.82, 2.24) is 0 Å². The zero-order chi connectivity index (χ0) is 23.4. The van der Waals surface area contributed by atoms with E-state index in [-0.39, 0.29) is 52.4 Å². The maximum atomic E-state index is 13.0. The van der Waals surface area contributed by atoms with Gasteiger partial charge in [0.2, 0.25) is 5.91 Å². The number of carbonyl (C=O) groups excluding carboxylic acids is 3. The molecule has 3 aliphatic rings. The van der Waals surface area contributed by atoms with E-state index in [9.17, 15) is 14.4 Å². The van der Waals surface area contributed by atoms with Gasteiger partial charge in [0.15, 0.2) is 0 Å². The van der Waals surface area contributed by atoms with Gasteiger partial charge in [0.1, 0.15) is 6.10 Å². The van der Waals surface area contributed by atoms with E-state index in [1.165, 1.54) is 38.5 Å². The molecule has 6 nitrogen and oxygen atoms in total. The van der Waals surface area contributed by atoms with Crippen LogP contribution in [0.1, 0.15) is 75.1 Å². The van der Waals surface area contributed by atoms with Gasteiger partial charge in [-0.05, 0) is 43.0 Å². The summed E-state index contributed by atoms with van der Waals surface area (Å²) in [5.41, 5.74) is 1.08. The second-order valence-electron chi connectivity index (χ2n) is 9.64. The van der Waals surface area contributed by atoms with Gasteiger partial charge in [-0.15, -0.1) is 0 Å². The number of rotatable bonds is 12. The Morgan fingerprint density at radius 3 is 2.39 bits per heavy atom. The molecule has 1 heterocycles. The molecule has 1 amide bonds. The fourth-order valence-corrected chi connectivity index (χ4v) is 6.77. The lowest BCUT2D eigenvalue weighted by atomic mass is 9.79. The number of nitrogens with one attached hydrogen (secondary N) is 1. The first kappa shape index (κ1) is 24.2. The van der Waals surface area contributed by atoms with Crippen LogP contribution < -0.4 is 5.32 Å². The molecule has 180 valence electrons. The summed E-state index contributed by atoms with van der Waals surface area (Å²) < 4.78 is 10.9. The van der Waals surface area contributed by atoms with Crippen molar-refractivity contribution < 1.29 is 23.9 Å². The lowest BCUT2D eigenvalue weighted by Gasteiger charge is -2.27. The minimum absolute atomic E-state index is 0.0409. The van der Waals surface area contributed by atoms with Gasteiger partial charge in [-0.25, -0.2) is 4.79 Å². The van der Waals surface area contributed by atoms with Gasteiger partial charge in [-0.3, -0.25) is 9.59 Å². The predicted molar refractivity (Wildman–Crippen MR) is 129 cm³/mol. The Kier molecular flexibility index (Phi) is 8.10. The largest absolute Gasteiger partial charge is 0.462 e. The molecule has 6 atom stereocenters. The Labute approximate surface area is 204 Å². The molecule has 2 aliphatic carbocycles. The van der Waals surface area contributed by atoms with Crippen LogP contribution in [0.15, 0.2) is 24.3 Å². The van der Waals surface area contributed by atoms with E-state index in [0.717, 1.165) is 19.3 Å². The molecule has 1 saturated heterocycles. The second-order valence-corrected chi connectivity index (χ2v) is 10.7. The number of alkyl halides is 1. The van der Waals surface area contributed by atoms with Crippen molar-refractivity contribution in [1.29, 1.82) is 0 Å². The number of fused-ring (bicyclic) bond motifs is 1. The van der Waals surface area contributed by atoms with E-state index >= 15 is 0 Å². The second kappa shape index (κ2) is 11.0. The van der Waals surface area contributed by atoms with Gasteiger partial charge in [0.05, 0.1) is 28.8 Å². The van der Waals surface area contributed by atoms with Gasteiger partial charge in [-0.1, -0.05) is 67.8 Å². The van der Waals surface area contributed by atoms with Gasteiger partial charge in [0, 0.05) is 11.6 Å². The van der Waals surface area contributed by atoms with Gasteiger partial charge in [-0.2, -0.15) is 0 Å². The third-order valence-electron chi connectivity index (χ3n) is 7.44. The number of hydrogen-bond donors (Lipinski definition) is 1. The van der Waals surface area contributed by atoms with Crippen LogP contribution in [-0.2, 0) is 19.1 Å². The number of esters is 2. The van der Waals surface area contributed by atoms with E-state index < -0.39 is 0 Å². The van der Waals surface area contributed by atoms with Crippen LogP contribution in [0.3, 0.4) is 0 Å². The summed E-state index contributed by atoms with van der Waals surface area (Å²) in [6.07, 6.45) is 10.3. The van der Waals surface area contributed by atoms with Crippen LogP contribution in [0, 0.1) is 23.7 Å². The molecule has 1 aromatic carbocycles. The first-order chi connectivity index (χ1) is 16.0. The molecule has 4 rings (SSSR count). The number of anilines is 1. The highest BCUT2D eigenvalue weighted by molar-refractivity contribution is 9.09. The average Bonchev–Trinajstić information content (AvgIpc) is 3.42. The summed E-state index contributed by atoms with van der Waals surface area (Å²) in [6, 6.07) is 6.75. The summed E-state index contributed by atoms with van der Waals surface area (Å²) in [5.74, 6) is -1.20. The zero-order valence-corrected chi connectivity index (χ0v) is 20.8. The Hall–Kier alpha value is -1.89. The standard InChI is InChI=1S/C26H34BrNO5/c1-2-3-4-5-6-7-8-9-14-32-25(30)16-10-12-17(13-11-16)28-24(29)20-18-15-19-21(20)26(31)33-23(19)22(18)27/h10-13,18-23H,2-9,14-15H2,1H3,(H,28,29)/t18-,19-,20-,21-,22-,23+/m1/s1. The van der Waals surface area contributed by atoms with Gasteiger partial charge in [0.25, 0.3) is 0 Å². The molecule has 1 aromatic rings. The molecular formula is C26H34BrNO5. The summed E-state index contributed by atoms with van der Waals surface area (Å²) in [5, 5.41) is 2.92. The highest BCUT2D eigenvalue weighted by Gasteiger charge is 2.67. The summed E-state index contributed by atoms with van der Waals surface area (Å²) >= 11 is 3.63. The van der Waals surface area contributed by atoms with Crippen LogP contribution in [0.4, 0.5) is 5.69 Å². The molecule has 0 unspecified atom stereocenters. The normalized spacial score (nSPS) is 29.2. The number of unbranched alkanes of at least 4 members (excludes halogenated alkanes) is 7. The van der Waals surface area contributed by atoms with E-state index in [2.05, 4.69) is 28.2 Å². The molecular weight excluding hydrogens is 486 g/mol. The van der Waals surface area contributed by atoms with Crippen molar-refractivity contribution in [3.05, 3.63) is 29.8 Å². The van der Waals surface area contributed by atoms with Crippen molar-refractivity contribution in [2.45, 2.75) is 75.6 Å². The van der Waals surface area contributed by atoms with Crippen LogP contribution in [-0.4, -0.2) is 35.4 Å². The molecule has 0 spiro atoms. The van der Waals surface area contributed by atoms with E-state index in [1.54, 1.807) is 24.3 Å². The minimum Gasteiger partial charge on any atom is -0.462 e. The van der Waals surface area contributed by atoms with E-state index in [0.29, 0.717) is 17.9 Å². The van der Waals surface area contributed by atoms with Crippen molar-refractivity contribution in [3.63, 3.8) is 0 Å². The lowest BCUT2D eigenvalue weighted by Crippen LogP contribution is -2.40. The first-order valence-electron chi connectivity index (χ1n) is 12.4. The van der Waals surface area contributed by atoms with Crippen molar-refractivity contribution in [2.75, 3.05) is 11.9 Å². The minimum atomic E-state index is -0.373. The number of amides is 1. The number of carbonyl (C=O) groups is 3. The molecule has 2 saturated carbocycles. The summed E-state index contributed by atoms with van der Waals surface area (Å²) in [7, 11) is 0. The zero-order valence-electron chi connectivity index (χ0n) is 19.3. The molecule has 2 bridgehead atoms. The summed E-state index contributed by atoms with van der Waals surface area (Å²) in [6.45, 7) is 2.65. The molecule has 33 heavy (non-hydrogen) atoms. The fourth-order valence-electron chi connectivity index (χ4n) is 5.73. The Morgan fingerprint density at radius 2 is 1.70 bits per heavy atom. The quantitative estimate of drug-likeness (QED) is 0.224. The van der Waals surface area contributed by atoms with Crippen LogP contribution in [0.25, 0.3) is 0 Å². The third-order valence-corrected chi connectivity index (χ3v) is 8.65. The SMILES string of the molecule is CCCCCCCCCCOC(=O)c1ccc(NC(=O)[C@@H]2[C@H]3C[C@H]4[C@H](OC(=O)[C@H]42)[C@@H]3Br)cc1. The molecule has 3 fully saturated rings. The fraction of sp³-hybridized carbons (Fsp3) is 0.654. The van der Waals surface area contributed by atoms with Gasteiger partial charge >= 0.3 is 11.9 Å². The Balaban J connectivity index is 1.19. The Bertz CT molecular complexity index is 857. The van der Waals surface area contributed by atoms with Crippen molar-refractivity contribution in [3.8, 4) is 0 Å². The third kappa shape index (κ3) is 5.28. The maximum absolute atomic E-state index is 13.0. The molecule has 7 heteroatoms. The number of halogens is 1. The highest BCUT2D eigenvalue weighted by atomic mass is 79.9. The monoisotopic (exact) mass is 519 g/mol. The van der Waals surface area contributed by atoms with Crippen molar-refractivity contribution in [2.24, 2.45) is 23.7 Å². The predicted octanol–water partition coefficient (Wildman–Crippen LogP) is 5.49. The van der Waals surface area contributed by atoms with Crippen molar-refractivity contribution >= 4 is 39.5 Å². The highest BCUT2D eigenvalue weighted by Crippen LogP contribution is 2.60. The Morgan fingerprint density at radius 1 is 1.03 bits per heavy atom. The number of hydrogen-bond acceptors (Lipinski definition) is 5. The molecule has 1 N–H and O–H groups in total. The average molecular weight is 520 g/mol. The van der Waals surface area contributed by atoms with E-state index in [4.69, 9.17) is 9.47 Å². The molecule has 0 aromatic heterocycles. The smallest absolute Gasteiger partial charge is 0.338 e. The van der Waals surface area contributed by atoms with Crippen LogP contribution >= 0.6 is 15.9 Å². The van der Waals surface area contributed by atoms with Crippen LogP contribution in [0.5, 0.6) is 0 Å². The summed E-state index contributed by atoms with van der Waals surface area (Å²) in [4.78, 5) is 37.5.